The number of aliphatic imine (C=N–C) groups is 1. The first kappa shape index (κ1) is 6.46. The molecule has 0 atom stereocenters. The Kier molecular flexibility index (Phi) is 1.98. The van der Waals surface area contributed by atoms with Crippen LogP contribution in [0.3, 0.4) is 0 Å². The molecule has 2 nitrogen and oxygen atoms in total. The van der Waals surface area contributed by atoms with Crippen LogP contribution in [0.15, 0.2) is 4.99 Å². The summed E-state index contributed by atoms with van der Waals surface area (Å²) < 4.78 is 0. The van der Waals surface area contributed by atoms with Gasteiger partial charge in [0.2, 0.25) is 0 Å². The molecule has 0 aromatic rings. The maximum atomic E-state index is 10.9. The van der Waals surface area contributed by atoms with E-state index in [2.05, 4.69) is 4.99 Å². The summed E-state index contributed by atoms with van der Waals surface area (Å²) in [7, 11) is 1.69. The molecule has 0 aliphatic heterocycles. The number of Topliss-reactive ketones (excluding diaryl/α,β-unsaturated/α-hetero) is 1. The van der Waals surface area contributed by atoms with Crippen LogP contribution in [0.25, 0.3) is 0 Å². The Labute approximate surface area is 55.0 Å². The molecule has 0 N–H and O–H groups in total. The van der Waals surface area contributed by atoms with Crippen LogP contribution in [-0.4, -0.2) is 18.5 Å². The van der Waals surface area contributed by atoms with Crippen molar-refractivity contribution in [3.8, 4) is 0 Å². The highest BCUT2D eigenvalue weighted by atomic mass is 16.1. The van der Waals surface area contributed by atoms with Gasteiger partial charge in [0.15, 0.2) is 5.78 Å². The van der Waals surface area contributed by atoms with Crippen molar-refractivity contribution in [3.05, 3.63) is 0 Å². The lowest BCUT2D eigenvalue weighted by Crippen LogP contribution is -2.18. The summed E-state index contributed by atoms with van der Waals surface area (Å²) in [5, 5.41) is 0. The molecule has 9 heavy (non-hydrogen) atoms. The molecule has 0 radical (unpaired) electrons. The summed E-state index contributed by atoms with van der Waals surface area (Å²) in [6, 6.07) is 0. The van der Waals surface area contributed by atoms with Crippen LogP contribution in [-0.2, 0) is 4.79 Å². The molecule has 1 aliphatic carbocycles. The monoisotopic (exact) mass is 125 g/mol. The number of carbonyl (C=O) groups excluding carboxylic acids is 1. The fourth-order valence-electron chi connectivity index (χ4n) is 1.10. The molecule has 0 bridgehead atoms. The Hall–Kier alpha value is -0.660. The second-order valence-corrected chi connectivity index (χ2v) is 2.30. The average molecular weight is 125 g/mol. The largest absolute Gasteiger partial charge is 0.293 e. The number of ketones is 1. The average Bonchev–Trinajstić information content (AvgIpc) is 1.89. The van der Waals surface area contributed by atoms with Crippen molar-refractivity contribution in [2.24, 2.45) is 4.99 Å². The second-order valence-electron chi connectivity index (χ2n) is 2.30. The highest BCUT2D eigenvalue weighted by Crippen LogP contribution is 2.10. The van der Waals surface area contributed by atoms with Crippen LogP contribution in [0.4, 0.5) is 0 Å². The van der Waals surface area contributed by atoms with E-state index >= 15 is 0 Å². The van der Waals surface area contributed by atoms with Gasteiger partial charge in [-0.2, -0.15) is 0 Å². The van der Waals surface area contributed by atoms with E-state index in [4.69, 9.17) is 0 Å². The molecule has 0 amide bonds. The van der Waals surface area contributed by atoms with E-state index in [0.717, 1.165) is 25.0 Å². The lowest BCUT2D eigenvalue weighted by atomic mass is 9.97. The van der Waals surface area contributed by atoms with Gasteiger partial charge in [0.05, 0.1) is 5.71 Å². The first-order valence-corrected chi connectivity index (χ1v) is 3.33. The highest BCUT2D eigenvalue weighted by molar-refractivity contribution is 6.40. The van der Waals surface area contributed by atoms with Gasteiger partial charge in [-0.05, 0) is 19.3 Å². The minimum absolute atomic E-state index is 0.253. The maximum absolute atomic E-state index is 10.9. The van der Waals surface area contributed by atoms with E-state index in [1.165, 1.54) is 0 Å². The molecule has 1 fully saturated rings. The smallest absolute Gasteiger partial charge is 0.176 e. The Morgan fingerprint density at radius 2 is 2.00 bits per heavy atom. The van der Waals surface area contributed by atoms with Gasteiger partial charge in [-0.3, -0.25) is 9.79 Å². The Bertz CT molecular complexity index is 149. The van der Waals surface area contributed by atoms with Gasteiger partial charge >= 0.3 is 0 Å². The SMILES string of the molecule is CN=C1CCCCC1=O. The zero-order chi connectivity index (χ0) is 6.69. The van der Waals surface area contributed by atoms with Crippen molar-refractivity contribution < 1.29 is 4.79 Å². The molecule has 0 aromatic heterocycles. The molecule has 1 aliphatic rings. The van der Waals surface area contributed by atoms with Crippen LogP contribution >= 0.6 is 0 Å². The summed E-state index contributed by atoms with van der Waals surface area (Å²) in [6.07, 6.45) is 3.80. The Balaban J connectivity index is 2.60. The van der Waals surface area contributed by atoms with Gasteiger partial charge in [0.25, 0.3) is 0 Å². The van der Waals surface area contributed by atoms with Crippen LogP contribution in [0.5, 0.6) is 0 Å². The lowest BCUT2D eigenvalue weighted by Gasteiger charge is -2.09. The molecule has 1 rings (SSSR count). The van der Waals surface area contributed by atoms with Gasteiger partial charge < -0.3 is 0 Å². The number of nitrogens with zero attached hydrogens (tertiary/aromatic N) is 1. The van der Waals surface area contributed by atoms with Gasteiger partial charge in [0, 0.05) is 13.5 Å². The van der Waals surface area contributed by atoms with Crippen LogP contribution in [0.1, 0.15) is 25.7 Å². The normalized spacial score (nSPS) is 25.0. The number of carbonyl (C=O) groups is 1. The van der Waals surface area contributed by atoms with E-state index in [9.17, 15) is 4.79 Å². The topological polar surface area (TPSA) is 29.4 Å². The molecule has 0 saturated heterocycles. The minimum Gasteiger partial charge on any atom is -0.293 e. The molecular formula is C7H11NO. The fourth-order valence-corrected chi connectivity index (χ4v) is 1.10. The molecule has 0 spiro atoms. The molecule has 0 unspecified atom stereocenters. The molecule has 50 valence electrons. The summed E-state index contributed by atoms with van der Waals surface area (Å²) in [5.41, 5.74) is 0.793. The van der Waals surface area contributed by atoms with Crippen LogP contribution in [0, 0.1) is 0 Å². The highest BCUT2D eigenvalue weighted by Gasteiger charge is 2.14. The predicted octanol–water partition coefficient (Wildman–Crippen LogP) is 1.20. The van der Waals surface area contributed by atoms with Crippen molar-refractivity contribution in [1.29, 1.82) is 0 Å². The number of rotatable bonds is 0. The quantitative estimate of drug-likeness (QED) is 0.478. The molecule has 1 saturated carbocycles. The zero-order valence-electron chi connectivity index (χ0n) is 5.68. The van der Waals surface area contributed by atoms with Gasteiger partial charge in [-0.25, -0.2) is 0 Å². The van der Waals surface area contributed by atoms with Crippen LogP contribution < -0.4 is 0 Å². The van der Waals surface area contributed by atoms with E-state index in [1.54, 1.807) is 7.05 Å². The Morgan fingerprint density at radius 1 is 1.33 bits per heavy atom. The Morgan fingerprint density at radius 3 is 2.44 bits per heavy atom. The predicted molar refractivity (Wildman–Crippen MR) is 36.8 cm³/mol. The number of hydrogen-bond donors (Lipinski definition) is 0. The molecule has 0 aromatic carbocycles. The molecule has 2 heteroatoms. The van der Waals surface area contributed by atoms with E-state index < -0.39 is 0 Å². The third-order valence-corrected chi connectivity index (χ3v) is 1.66. The van der Waals surface area contributed by atoms with E-state index in [0.29, 0.717) is 6.42 Å². The summed E-state index contributed by atoms with van der Waals surface area (Å²) in [6.45, 7) is 0. The van der Waals surface area contributed by atoms with Crippen molar-refractivity contribution in [3.63, 3.8) is 0 Å². The van der Waals surface area contributed by atoms with Crippen molar-refractivity contribution in [2.45, 2.75) is 25.7 Å². The first-order chi connectivity index (χ1) is 4.34. The van der Waals surface area contributed by atoms with E-state index in [-0.39, 0.29) is 5.78 Å². The van der Waals surface area contributed by atoms with E-state index in [1.807, 2.05) is 0 Å². The molecule has 0 heterocycles. The second kappa shape index (κ2) is 2.76. The first-order valence-electron chi connectivity index (χ1n) is 3.33. The van der Waals surface area contributed by atoms with Crippen molar-refractivity contribution >= 4 is 11.5 Å². The standard InChI is InChI=1S/C7H11NO/c1-8-6-4-2-3-5-7(6)9/h2-5H2,1H3. The summed E-state index contributed by atoms with van der Waals surface area (Å²) in [5.74, 6) is 0.253. The lowest BCUT2D eigenvalue weighted by molar-refractivity contribution is -0.113. The van der Waals surface area contributed by atoms with Crippen molar-refractivity contribution in [1.82, 2.24) is 0 Å². The third kappa shape index (κ3) is 1.37. The van der Waals surface area contributed by atoms with Gasteiger partial charge in [-0.1, -0.05) is 0 Å². The van der Waals surface area contributed by atoms with Crippen LogP contribution in [0.2, 0.25) is 0 Å². The minimum atomic E-state index is 0.253. The van der Waals surface area contributed by atoms with Gasteiger partial charge in [-0.15, -0.1) is 0 Å². The maximum Gasteiger partial charge on any atom is 0.176 e. The summed E-state index contributed by atoms with van der Waals surface area (Å²) >= 11 is 0. The molecular weight excluding hydrogens is 114 g/mol. The fraction of sp³-hybridized carbons (Fsp3) is 0.714. The summed E-state index contributed by atoms with van der Waals surface area (Å²) in [4.78, 5) is 14.8. The third-order valence-electron chi connectivity index (χ3n) is 1.66. The zero-order valence-corrected chi connectivity index (χ0v) is 5.68. The number of hydrogen-bond acceptors (Lipinski definition) is 2. The van der Waals surface area contributed by atoms with Gasteiger partial charge in [0.1, 0.15) is 0 Å². The van der Waals surface area contributed by atoms with Crippen molar-refractivity contribution in [2.75, 3.05) is 7.05 Å².